The average molecular weight is 333 g/mol. The minimum Gasteiger partial charge on any atom is -0.423 e. The summed E-state index contributed by atoms with van der Waals surface area (Å²) in [4.78, 5) is 14.1. The number of nitrogens with zero attached hydrogens (tertiary/aromatic N) is 1. The summed E-state index contributed by atoms with van der Waals surface area (Å²) in [6, 6.07) is 7.20. The summed E-state index contributed by atoms with van der Waals surface area (Å²) in [5, 5.41) is 20.4. The first-order valence-corrected chi connectivity index (χ1v) is 8.55. The minimum atomic E-state index is -1.13. The Labute approximate surface area is 144 Å². The monoisotopic (exact) mass is 333 g/mol. The molecule has 0 radical (unpaired) electrons. The Morgan fingerprint density at radius 3 is 2.21 bits per heavy atom. The molecule has 0 atom stereocenters. The van der Waals surface area contributed by atoms with Gasteiger partial charge in [0.1, 0.15) is 0 Å². The number of carbonyl (C=O) groups is 1. The lowest BCUT2D eigenvalue weighted by Crippen LogP contribution is -2.53. The van der Waals surface area contributed by atoms with Crippen LogP contribution in [0.25, 0.3) is 0 Å². The maximum absolute atomic E-state index is 12.2. The van der Waals surface area contributed by atoms with Gasteiger partial charge in [-0.1, -0.05) is 24.3 Å². The predicted molar refractivity (Wildman–Crippen MR) is 95.0 cm³/mol. The van der Waals surface area contributed by atoms with Crippen molar-refractivity contribution in [1.82, 2.24) is 4.90 Å². The van der Waals surface area contributed by atoms with Gasteiger partial charge in [-0.3, -0.25) is 4.79 Å². The molecule has 1 aromatic carbocycles. The van der Waals surface area contributed by atoms with Crippen LogP contribution in [0.1, 0.15) is 46.1 Å². The van der Waals surface area contributed by atoms with Crippen molar-refractivity contribution in [3.8, 4) is 0 Å². The standard InChI is InChI=1S/C18H28BNO4/c1-17(2,22)18(3,4)24-19(23)15-9-7-14(8-10-15)13-16(21)20-11-5-6-12-20/h7-10,22-23H,5-6,11-13H2,1-4H3. The van der Waals surface area contributed by atoms with E-state index >= 15 is 0 Å². The number of carbonyl (C=O) groups excluding carboxylic acids is 1. The topological polar surface area (TPSA) is 70.0 Å². The van der Waals surface area contributed by atoms with Crippen molar-refractivity contribution in [2.45, 2.75) is 58.2 Å². The van der Waals surface area contributed by atoms with Crippen molar-refractivity contribution in [2.24, 2.45) is 0 Å². The first kappa shape index (κ1) is 19.0. The van der Waals surface area contributed by atoms with E-state index < -0.39 is 18.3 Å². The van der Waals surface area contributed by atoms with Crippen LogP contribution in [0, 0.1) is 0 Å². The van der Waals surface area contributed by atoms with Crippen molar-refractivity contribution >= 4 is 18.5 Å². The van der Waals surface area contributed by atoms with Gasteiger partial charge in [0.2, 0.25) is 5.91 Å². The smallest absolute Gasteiger partial charge is 0.423 e. The van der Waals surface area contributed by atoms with E-state index in [4.69, 9.17) is 4.65 Å². The summed E-state index contributed by atoms with van der Waals surface area (Å²) >= 11 is 0. The SMILES string of the molecule is CC(C)(O)C(C)(C)OB(O)c1ccc(CC(=O)N2CCCC2)cc1. The molecule has 0 unspecified atom stereocenters. The molecule has 1 aromatic rings. The highest BCUT2D eigenvalue weighted by atomic mass is 16.5. The van der Waals surface area contributed by atoms with Gasteiger partial charge >= 0.3 is 7.12 Å². The van der Waals surface area contributed by atoms with Crippen LogP contribution in [0.2, 0.25) is 0 Å². The van der Waals surface area contributed by atoms with Gasteiger partial charge in [0.05, 0.1) is 17.6 Å². The summed E-state index contributed by atoms with van der Waals surface area (Å²) in [5.41, 5.74) is -0.471. The Bertz CT molecular complexity index is 559. The molecule has 1 aliphatic heterocycles. The molecule has 1 saturated heterocycles. The number of hydrogen-bond acceptors (Lipinski definition) is 4. The molecular formula is C18H28BNO4. The van der Waals surface area contributed by atoms with Gasteiger partial charge in [0.15, 0.2) is 0 Å². The normalized spacial score (nSPS) is 15.7. The molecule has 0 spiro atoms. The Hall–Kier alpha value is -1.37. The van der Waals surface area contributed by atoms with Gasteiger partial charge in [-0.05, 0) is 51.6 Å². The third kappa shape index (κ3) is 4.59. The third-order valence-electron chi connectivity index (χ3n) is 4.96. The van der Waals surface area contributed by atoms with Crippen LogP contribution in [-0.4, -0.2) is 52.3 Å². The molecule has 5 nitrogen and oxygen atoms in total. The number of amides is 1. The van der Waals surface area contributed by atoms with E-state index in [1.54, 1.807) is 39.8 Å². The van der Waals surface area contributed by atoms with Crippen LogP contribution in [-0.2, 0) is 15.9 Å². The molecule has 1 amide bonds. The molecule has 132 valence electrons. The fourth-order valence-corrected chi connectivity index (χ4v) is 2.54. The maximum atomic E-state index is 12.2. The minimum absolute atomic E-state index is 0.153. The van der Waals surface area contributed by atoms with Crippen molar-refractivity contribution in [1.29, 1.82) is 0 Å². The second-order valence-corrected chi connectivity index (χ2v) is 7.55. The second-order valence-electron chi connectivity index (χ2n) is 7.55. The number of hydrogen-bond donors (Lipinski definition) is 2. The molecule has 1 aliphatic rings. The Balaban J connectivity index is 1.97. The fourth-order valence-electron chi connectivity index (χ4n) is 2.54. The fraction of sp³-hybridized carbons (Fsp3) is 0.611. The van der Waals surface area contributed by atoms with E-state index in [0.717, 1.165) is 31.5 Å². The van der Waals surface area contributed by atoms with Crippen molar-refractivity contribution < 1.29 is 19.6 Å². The summed E-state index contributed by atoms with van der Waals surface area (Å²) in [6.45, 7) is 8.48. The summed E-state index contributed by atoms with van der Waals surface area (Å²) in [7, 11) is -1.13. The van der Waals surface area contributed by atoms with Gasteiger partial charge in [-0.25, -0.2) is 0 Å². The number of rotatable bonds is 6. The largest absolute Gasteiger partial charge is 0.491 e. The summed E-state index contributed by atoms with van der Waals surface area (Å²) < 4.78 is 5.62. The lowest BCUT2D eigenvalue weighted by molar-refractivity contribution is -0.129. The van der Waals surface area contributed by atoms with Gasteiger partial charge in [-0.2, -0.15) is 0 Å². The Morgan fingerprint density at radius 2 is 1.71 bits per heavy atom. The third-order valence-corrected chi connectivity index (χ3v) is 4.96. The predicted octanol–water partition coefficient (Wildman–Crippen LogP) is 1.11. The zero-order valence-corrected chi connectivity index (χ0v) is 15.1. The van der Waals surface area contributed by atoms with Crippen LogP contribution < -0.4 is 5.46 Å². The van der Waals surface area contributed by atoms with Crippen molar-refractivity contribution in [3.63, 3.8) is 0 Å². The van der Waals surface area contributed by atoms with Crippen molar-refractivity contribution in [3.05, 3.63) is 29.8 Å². The van der Waals surface area contributed by atoms with Crippen LogP contribution >= 0.6 is 0 Å². The Kier molecular flexibility index (Phi) is 5.73. The molecule has 0 saturated carbocycles. The molecule has 2 rings (SSSR count). The molecule has 0 bridgehead atoms. The van der Waals surface area contributed by atoms with E-state index in [1.165, 1.54) is 0 Å². The van der Waals surface area contributed by atoms with Crippen LogP contribution in [0.15, 0.2) is 24.3 Å². The van der Waals surface area contributed by atoms with Gasteiger partial charge in [-0.15, -0.1) is 0 Å². The van der Waals surface area contributed by atoms with E-state index in [0.29, 0.717) is 11.9 Å². The van der Waals surface area contributed by atoms with Crippen LogP contribution in [0.3, 0.4) is 0 Å². The lowest BCUT2D eigenvalue weighted by Gasteiger charge is -2.38. The number of aliphatic hydroxyl groups is 1. The summed E-state index contributed by atoms with van der Waals surface area (Å²) in [5.74, 6) is 0.153. The molecule has 1 heterocycles. The highest BCUT2D eigenvalue weighted by molar-refractivity contribution is 6.60. The number of likely N-dealkylation sites (tertiary alicyclic amines) is 1. The van der Waals surface area contributed by atoms with E-state index in [1.807, 2.05) is 17.0 Å². The highest BCUT2D eigenvalue weighted by Gasteiger charge is 2.39. The van der Waals surface area contributed by atoms with Crippen LogP contribution in [0.4, 0.5) is 0 Å². The van der Waals surface area contributed by atoms with Crippen LogP contribution in [0.5, 0.6) is 0 Å². The first-order chi connectivity index (χ1) is 11.1. The maximum Gasteiger partial charge on any atom is 0.491 e. The molecule has 0 aromatic heterocycles. The molecule has 6 heteroatoms. The molecule has 1 fully saturated rings. The molecule has 0 aliphatic carbocycles. The average Bonchev–Trinajstić information content (AvgIpc) is 3.00. The van der Waals surface area contributed by atoms with E-state index in [2.05, 4.69) is 0 Å². The Morgan fingerprint density at radius 1 is 1.17 bits per heavy atom. The lowest BCUT2D eigenvalue weighted by atomic mass is 9.76. The molecule has 2 N–H and O–H groups in total. The van der Waals surface area contributed by atoms with E-state index in [9.17, 15) is 14.9 Å². The quantitative estimate of drug-likeness (QED) is 0.765. The van der Waals surface area contributed by atoms with Gasteiger partial charge in [0, 0.05) is 13.1 Å². The zero-order chi connectivity index (χ0) is 18.0. The molecular weight excluding hydrogens is 305 g/mol. The highest BCUT2D eigenvalue weighted by Crippen LogP contribution is 2.25. The van der Waals surface area contributed by atoms with Gasteiger partial charge in [0.25, 0.3) is 0 Å². The second kappa shape index (κ2) is 7.25. The molecule has 24 heavy (non-hydrogen) atoms. The summed E-state index contributed by atoms with van der Waals surface area (Å²) in [6.07, 6.45) is 2.56. The first-order valence-electron chi connectivity index (χ1n) is 8.55. The van der Waals surface area contributed by atoms with Gasteiger partial charge < -0.3 is 19.7 Å². The number of benzene rings is 1. The van der Waals surface area contributed by atoms with E-state index in [-0.39, 0.29) is 5.91 Å². The zero-order valence-electron chi connectivity index (χ0n) is 15.1. The van der Waals surface area contributed by atoms with Crippen molar-refractivity contribution in [2.75, 3.05) is 13.1 Å².